The Balaban J connectivity index is 1.56. The van der Waals surface area contributed by atoms with Crippen molar-refractivity contribution >= 4 is 17.5 Å². The topological polar surface area (TPSA) is 87.1 Å². The van der Waals surface area contributed by atoms with Crippen molar-refractivity contribution in [1.82, 2.24) is 0 Å². The van der Waals surface area contributed by atoms with Crippen molar-refractivity contribution in [3.8, 4) is 11.1 Å². The standard InChI is InChI=1S/C21H12F4N4O2/c22-15-17(24)20(28-29-26)18(25)16(23)19(15)27-21(30)31-9-14-12-7-3-1-5-10(12)11-6-2-4-8-13(11)14/h1-8,14H,9H2,(H,27,30). The summed E-state index contributed by atoms with van der Waals surface area (Å²) in [5.41, 5.74) is 9.17. The summed E-state index contributed by atoms with van der Waals surface area (Å²) < 4.78 is 61.0. The van der Waals surface area contributed by atoms with Crippen molar-refractivity contribution in [2.45, 2.75) is 5.92 Å². The second kappa shape index (κ2) is 8.00. The van der Waals surface area contributed by atoms with Crippen LogP contribution in [-0.4, -0.2) is 12.7 Å². The first-order valence-corrected chi connectivity index (χ1v) is 8.97. The number of hydrogen-bond donors (Lipinski definition) is 1. The molecule has 1 aliphatic carbocycles. The quantitative estimate of drug-likeness (QED) is 0.168. The van der Waals surface area contributed by atoms with E-state index in [1.54, 1.807) is 5.32 Å². The molecular formula is C21H12F4N4O2. The fraction of sp³-hybridized carbons (Fsp3) is 0.0952. The van der Waals surface area contributed by atoms with E-state index in [-0.39, 0.29) is 12.5 Å². The monoisotopic (exact) mass is 428 g/mol. The molecular weight excluding hydrogens is 416 g/mol. The van der Waals surface area contributed by atoms with Crippen molar-refractivity contribution in [2.24, 2.45) is 5.11 Å². The smallest absolute Gasteiger partial charge is 0.411 e. The summed E-state index contributed by atoms with van der Waals surface area (Å²) in [7, 11) is 0. The van der Waals surface area contributed by atoms with E-state index in [9.17, 15) is 22.4 Å². The van der Waals surface area contributed by atoms with Crippen LogP contribution in [0, 0.1) is 23.3 Å². The van der Waals surface area contributed by atoms with Gasteiger partial charge in [-0.2, -0.15) is 0 Å². The van der Waals surface area contributed by atoms with Gasteiger partial charge in [0.2, 0.25) is 0 Å². The summed E-state index contributed by atoms with van der Waals surface area (Å²) in [6.07, 6.45) is -1.31. The van der Waals surface area contributed by atoms with Gasteiger partial charge >= 0.3 is 6.09 Å². The number of rotatable bonds is 4. The number of hydrogen-bond acceptors (Lipinski definition) is 3. The highest BCUT2D eigenvalue weighted by molar-refractivity contribution is 5.86. The molecule has 6 nitrogen and oxygen atoms in total. The Morgan fingerprint density at radius 2 is 1.45 bits per heavy atom. The lowest BCUT2D eigenvalue weighted by Gasteiger charge is -2.15. The maximum Gasteiger partial charge on any atom is 0.411 e. The Hall–Kier alpha value is -4.04. The van der Waals surface area contributed by atoms with E-state index >= 15 is 0 Å². The summed E-state index contributed by atoms with van der Waals surface area (Å²) in [5.74, 6) is -8.05. The van der Waals surface area contributed by atoms with E-state index < -0.39 is 40.7 Å². The van der Waals surface area contributed by atoms with Crippen LogP contribution in [0.2, 0.25) is 0 Å². The number of amides is 1. The summed E-state index contributed by atoms with van der Waals surface area (Å²) >= 11 is 0. The summed E-state index contributed by atoms with van der Waals surface area (Å²) in [6.45, 7) is -0.176. The number of benzene rings is 3. The van der Waals surface area contributed by atoms with Gasteiger partial charge in [-0.15, -0.1) is 0 Å². The third-order valence-corrected chi connectivity index (χ3v) is 4.96. The number of azide groups is 1. The molecule has 156 valence electrons. The molecule has 10 heteroatoms. The Labute approximate surface area is 172 Å². The molecule has 0 spiro atoms. The van der Waals surface area contributed by atoms with Crippen LogP contribution in [0.15, 0.2) is 53.6 Å². The van der Waals surface area contributed by atoms with Gasteiger partial charge < -0.3 is 4.74 Å². The third kappa shape index (κ3) is 3.43. The van der Waals surface area contributed by atoms with Crippen molar-refractivity contribution in [1.29, 1.82) is 0 Å². The number of carbonyl (C=O) groups excluding carboxylic acids is 1. The Morgan fingerprint density at radius 3 is 1.97 bits per heavy atom. The van der Waals surface area contributed by atoms with Crippen LogP contribution in [0.1, 0.15) is 17.0 Å². The molecule has 0 bridgehead atoms. The van der Waals surface area contributed by atoms with Gasteiger partial charge in [-0.1, -0.05) is 53.6 Å². The van der Waals surface area contributed by atoms with Gasteiger partial charge in [0.15, 0.2) is 23.3 Å². The molecule has 3 aromatic carbocycles. The maximum atomic E-state index is 14.1. The lowest BCUT2D eigenvalue weighted by atomic mass is 9.98. The van der Waals surface area contributed by atoms with E-state index in [0.717, 1.165) is 22.3 Å². The highest BCUT2D eigenvalue weighted by Crippen LogP contribution is 2.44. The lowest BCUT2D eigenvalue weighted by Crippen LogP contribution is -2.20. The van der Waals surface area contributed by atoms with Crippen LogP contribution in [0.5, 0.6) is 0 Å². The zero-order valence-corrected chi connectivity index (χ0v) is 15.6. The third-order valence-electron chi connectivity index (χ3n) is 4.96. The summed E-state index contributed by atoms with van der Waals surface area (Å²) in [4.78, 5) is 14.2. The van der Waals surface area contributed by atoms with Crippen LogP contribution in [-0.2, 0) is 4.74 Å². The molecule has 0 fully saturated rings. The first-order chi connectivity index (χ1) is 14.9. The minimum atomic E-state index is -1.94. The first kappa shape index (κ1) is 20.2. The second-order valence-corrected chi connectivity index (χ2v) is 6.62. The molecule has 4 rings (SSSR count). The molecule has 1 aliphatic rings. The summed E-state index contributed by atoms with van der Waals surface area (Å²) in [6, 6.07) is 15.0. The zero-order valence-electron chi connectivity index (χ0n) is 15.6. The number of fused-ring (bicyclic) bond motifs is 3. The van der Waals surface area contributed by atoms with E-state index in [1.807, 2.05) is 48.5 Å². The normalized spacial score (nSPS) is 12.0. The van der Waals surface area contributed by atoms with Crippen molar-refractivity contribution in [2.75, 3.05) is 11.9 Å². The predicted octanol–water partition coefficient (Wildman–Crippen LogP) is 6.55. The van der Waals surface area contributed by atoms with Gasteiger partial charge in [0, 0.05) is 10.8 Å². The number of nitrogens with one attached hydrogen (secondary N) is 1. The number of carbonyl (C=O) groups is 1. The van der Waals surface area contributed by atoms with E-state index in [0.29, 0.717) is 0 Å². The Bertz CT molecular complexity index is 1180. The molecule has 0 saturated heterocycles. The molecule has 0 aromatic heterocycles. The lowest BCUT2D eigenvalue weighted by molar-refractivity contribution is 0.158. The molecule has 1 N–H and O–H groups in total. The fourth-order valence-electron chi connectivity index (χ4n) is 3.60. The molecule has 0 unspecified atom stereocenters. The molecule has 0 aliphatic heterocycles. The van der Waals surface area contributed by atoms with Crippen LogP contribution in [0.25, 0.3) is 21.6 Å². The molecule has 0 heterocycles. The van der Waals surface area contributed by atoms with Crippen LogP contribution < -0.4 is 5.32 Å². The highest BCUT2D eigenvalue weighted by Gasteiger charge is 2.30. The first-order valence-electron chi connectivity index (χ1n) is 8.97. The SMILES string of the molecule is [N-]=[N+]=Nc1c(F)c(F)c(NC(=O)OCC2c3ccccc3-c3ccccc32)c(F)c1F. The van der Waals surface area contributed by atoms with Crippen molar-refractivity contribution in [3.05, 3.63) is 93.4 Å². The zero-order chi connectivity index (χ0) is 22.1. The van der Waals surface area contributed by atoms with Crippen molar-refractivity contribution < 1.29 is 27.1 Å². The van der Waals surface area contributed by atoms with Crippen LogP contribution >= 0.6 is 0 Å². The predicted molar refractivity (Wildman–Crippen MR) is 104 cm³/mol. The molecule has 31 heavy (non-hydrogen) atoms. The average molecular weight is 428 g/mol. The van der Waals surface area contributed by atoms with Crippen LogP contribution in [0.4, 0.5) is 33.7 Å². The van der Waals surface area contributed by atoms with Gasteiger partial charge in [0.1, 0.15) is 18.0 Å². The fourth-order valence-corrected chi connectivity index (χ4v) is 3.60. The average Bonchev–Trinajstić information content (AvgIpc) is 3.11. The highest BCUT2D eigenvalue weighted by atomic mass is 19.2. The minimum Gasteiger partial charge on any atom is -0.448 e. The number of anilines is 1. The molecule has 1 amide bonds. The number of nitrogens with zero attached hydrogens (tertiary/aromatic N) is 3. The van der Waals surface area contributed by atoms with E-state index in [4.69, 9.17) is 10.3 Å². The number of ether oxygens (including phenoxy) is 1. The van der Waals surface area contributed by atoms with E-state index in [2.05, 4.69) is 10.0 Å². The van der Waals surface area contributed by atoms with Gasteiger partial charge in [0.05, 0.1) is 0 Å². The van der Waals surface area contributed by atoms with Gasteiger partial charge in [0.25, 0.3) is 0 Å². The van der Waals surface area contributed by atoms with E-state index in [1.165, 1.54) is 0 Å². The number of halogens is 4. The maximum absolute atomic E-state index is 14.1. The summed E-state index contributed by atoms with van der Waals surface area (Å²) in [5, 5.41) is 4.26. The van der Waals surface area contributed by atoms with Gasteiger partial charge in [-0.05, 0) is 27.8 Å². The van der Waals surface area contributed by atoms with Crippen LogP contribution in [0.3, 0.4) is 0 Å². The van der Waals surface area contributed by atoms with Gasteiger partial charge in [-0.25, -0.2) is 22.4 Å². The molecule has 0 atom stereocenters. The molecule has 0 radical (unpaired) electrons. The Morgan fingerprint density at radius 1 is 0.935 bits per heavy atom. The minimum absolute atomic E-state index is 0.176. The second-order valence-electron chi connectivity index (χ2n) is 6.62. The molecule has 0 saturated carbocycles. The Kier molecular flexibility index (Phi) is 5.22. The van der Waals surface area contributed by atoms with Crippen molar-refractivity contribution in [3.63, 3.8) is 0 Å². The van der Waals surface area contributed by atoms with Gasteiger partial charge in [-0.3, -0.25) is 5.32 Å². The molecule has 3 aromatic rings. The largest absolute Gasteiger partial charge is 0.448 e.